The number of hydrogen-bond acceptors (Lipinski definition) is 5. The van der Waals surface area contributed by atoms with Crippen LogP contribution in [0.2, 0.25) is 0 Å². The Morgan fingerprint density at radius 2 is 1.65 bits per heavy atom. The molecule has 0 aliphatic rings. The maximum absolute atomic E-state index is 5.33. The second-order valence-electron chi connectivity index (χ2n) is 3.52. The number of nitrogens with zero attached hydrogens (tertiary/aromatic N) is 2. The van der Waals surface area contributed by atoms with E-state index in [0.29, 0.717) is 17.2 Å². The van der Waals surface area contributed by atoms with Crippen molar-refractivity contribution in [3.63, 3.8) is 0 Å². The van der Waals surface area contributed by atoms with Crippen LogP contribution >= 0.6 is 0 Å². The Hall–Kier alpha value is -1.91. The van der Waals surface area contributed by atoms with E-state index >= 15 is 0 Å². The Bertz CT molecular complexity index is 403. The number of hydrazone groups is 1. The largest absolute Gasteiger partial charge is 0.493 e. The quantitative estimate of drug-likeness (QED) is 0.577. The summed E-state index contributed by atoms with van der Waals surface area (Å²) in [4.78, 5) is 0. The zero-order valence-electron chi connectivity index (χ0n) is 10.9. The minimum absolute atomic E-state index is 0.567. The van der Waals surface area contributed by atoms with Crippen molar-refractivity contribution in [3.05, 3.63) is 17.7 Å². The van der Waals surface area contributed by atoms with Crippen molar-refractivity contribution in [1.82, 2.24) is 5.01 Å². The van der Waals surface area contributed by atoms with Gasteiger partial charge in [0.15, 0.2) is 11.5 Å². The molecule has 0 unspecified atom stereocenters. The van der Waals surface area contributed by atoms with Gasteiger partial charge in [-0.25, -0.2) is 0 Å². The van der Waals surface area contributed by atoms with E-state index < -0.39 is 0 Å². The highest BCUT2D eigenvalue weighted by molar-refractivity contribution is 5.86. The summed E-state index contributed by atoms with van der Waals surface area (Å²) >= 11 is 0. The van der Waals surface area contributed by atoms with Gasteiger partial charge < -0.3 is 19.2 Å². The van der Waals surface area contributed by atoms with Crippen LogP contribution in [0.25, 0.3) is 0 Å². The van der Waals surface area contributed by atoms with Crippen molar-refractivity contribution >= 4 is 6.21 Å². The van der Waals surface area contributed by atoms with Crippen molar-refractivity contribution < 1.29 is 14.2 Å². The van der Waals surface area contributed by atoms with Crippen LogP contribution in [-0.4, -0.2) is 46.6 Å². The molecule has 0 N–H and O–H groups in total. The minimum atomic E-state index is 0.567. The van der Waals surface area contributed by atoms with Gasteiger partial charge in [-0.3, -0.25) is 0 Å². The molecule has 5 nitrogen and oxygen atoms in total. The van der Waals surface area contributed by atoms with Crippen molar-refractivity contribution in [2.75, 3.05) is 35.4 Å². The van der Waals surface area contributed by atoms with E-state index in [1.54, 1.807) is 32.6 Å². The highest BCUT2D eigenvalue weighted by Crippen LogP contribution is 2.38. The van der Waals surface area contributed by atoms with Gasteiger partial charge in [-0.2, -0.15) is 5.10 Å². The molecule has 0 spiro atoms. The number of methoxy groups -OCH3 is 3. The van der Waals surface area contributed by atoms with Crippen molar-refractivity contribution in [2.45, 2.75) is 0 Å². The van der Waals surface area contributed by atoms with Crippen LogP contribution in [0, 0.1) is 0 Å². The van der Waals surface area contributed by atoms with Crippen LogP contribution in [0.1, 0.15) is 5.56 Å². The average Bonchev–Trinajstić information content (AvgIpc) is 2.34. The molecule has 0 aliphatic carbocycles. The Morgan fingerprint density at radius 1 is 1.00 bits per heavy atom. The van der Waals surface area contributed by atoms with E-state index in [0.717, 1.165) is 5.56 Å². The standard InChI is InChI=1S/C12H18N2O3/c1-14(2)13-8-9-6-7-10(15-3)12(17-5)11(9)16-4/h6-8H,1-5H3. The van der Waals surface area contributed by atoms with E-state index in [2.05, 4.69) is 5.10 Å². The molecule has 0 fully saturated rings. The second kappa shape index (κ2) is 5.98. The molecule has 94 valence electrons. The lowest BCUT2D eigenvalue weighted by atomic mass is 10.2. The van der Waals surface area contributed by atoms with Gasteiger partial charge in [0.25, 0.3) is 0 Å². The third-order valence-electron chi connectivity index (χ3n) is 2.16. The fraction of sp³-hybridized carbons (Fsp3) is 0.417. The molecule has 1 aromatic carbocycles. The SMILES string of the molecule is COc1ccc(C=NN(C)C)c(OC)c1OC. The maximum atomic E-state index is 5.33. The topological polar surface area (TPSA) is 43.3 Å². The zero-order chi connectivity index (χ0) is 12.8. The number of hydrogen-bond donors (Lipinski definition) is 0. The molecule has 0 heterocycles. The van der Waals surface area contributed by atoms with Crippen molar-refractivity contribution in [1.29, 1.82) is 0 Å². The van der Waals surface area contributed by atoms with Crippen LogP contribution in [0.15, 0.2) is 17.2 Å². The fourth-order valence-corrected chi connectivity index (χ4v) is 1.40. The summed E-state index contributed by atoms with van der Waals surface area (Å²) in [5, 5.41) is 5.87. The van der Waals surface area contributed by atoms with Crippen molar-refractivity contribution in [2.24, 2.45) is 5.10 Å². The van der Waals surface area contributed by atoms with E-state index in [1.165, 1.54) is 0 Å². The fourth-order valence-electron chi connectivity index (χ4n) is 1.40. The highest BCUT2D eigenvalue weighted by Gasteiger charge is 2.14. The zero-order valence-corrected chi connectivity index (χ0v) is 10.9. The molecule has 1 aromatic rings. The molecular formula is C12H18N2O3. The van der Waals surface area contributed by atoms with Gasteiger partial charge in [-0.15, -0.1) is 0 Å². The van der Waals surface area contributed by atoms with Crippen LogP contribution < -0.4 is 14.2 Å². The van der Waals surface area contributed by atoms with Crippen LogP contribution in [0.3, 0.4) is 0 Å². The lowest BCUT2D eigenvalue weighted by molar-refractivity contribution is 0.324. The summed E-state index contributed by atoms with van der Waals surface area (Å²) in [6.45, 7) is 0. The van der Waals surface area contributed by atoms with Gasteiger partial charge >= 0.3 is 0 Å². The lowest BCUT2D eigenvalue weighted by Gasteiger charge is -2.14. The van der Waals surface area contributed by atoms with Gasteiger partial charge in [0.2, 0.25) is 5.75 Å². The molecular weight excluding hydrogens is 220 g/mol. The second-order valence-corrected chi connectivity index (χ2v) is 3.52. The third-order valence-corrected chi connectivity index (χ3v) is 2.16. The first-order valence-corrected chi connectivity index (χ1v) is 5.14. The molecule has 0 radical (unpaired) electrons. The molecule has 0 aromatic heterocycles. The third kappa shape index (κ3) is 3.03. The minimum Gasteiger partial charge on any atom is -0.493 e. The Morgan fingerprint density at radius 3 is 2.12 bits per heavy atom. The van der Waals surface area contributed by atoms with Gasteiger partial charge in [-0.1, -0.05) is 0 Å². The lowest BCUT2D eigenvalue weighted by Crippen LogP contribution is -2.03. The molecule has 0 saturated carbocycles. The van der Waals surface area contributed by atoms with Gasteiger partial charge in [0, 0.05) is 19.7 Å². The van der Waals surface area contributed by atoms with Gasteiger partial charge in [-0.05, 0) is 12.1 Å². The molecule has 5 heteroatoms. The predicted octanol–water partition coefficient (Wildman–Crippen LogP) is 1.61. The molecule has 0 aliphatic heterocycles. The van der Waals surface area contributed by atoms with Gasteiger partial charge in [0.1, 0.15) is 0 Å². The molecule has 1 rings (SSSR count). The summed E-state index contributed by atoms with van der Waals surface area (Å²) in [6.07, 6.45) is 1.71. The number of ether oxygens (including phenoxy) is 3. The number of rotatable bonds is 5. The molecule has 0 saturated heterocycles. The maximum Gasteiger partial charge on any atom is 0.203 e. The Kier molecular flexibility index (Phi) is 4.63. The predicted molar refractivity (Wildman–Crippen MR) is 67.4 cm³/mol. The first-order chi connectivity index (χ1) is 8.13. The molecule has 0 amide bonds. The van der Waals surface area contributed by atoms with E-state index in [1.807, 2.05) is 26.2 Å². The van der Waals surface area contributed by atoms with E-state index in [4.69, 9.17) is 14.2 Å². The monoisotopic (exact) mass is 238 g/mol. The number of benzene rings is 1. The summed E-state index contributed by atoms with van der Waals surface area (Å²) in [5.41, 5.74) is 0.832. The molecule has 0 atom stereocenters. The Labute approximate surface area is 102 Å². The first kappa shape index (κ1) is 13.2. The first-order valence-electron chi connectivity index (χ1n) is 5.14. The van der Waals surface area contributed by atoms with Crippen LogP contribution in [0.4, 0.5) is 0 Å². The summed E-state index contributed by atoms with van der Waals surface area (Å²) in [5.74, 6) is 1.81. The normalized spacial score (nSPS) is 10.4. The molecule has 0 bridgehead atoms. The van der Waals surface area contributed by atoms with Crippen LogP contribution in [-0.2, 0) is 0 Å². The summed E-state index contributed by atoms with van der Waals surface area (Å²) in [7, 11) is 8.45. The molecule has 17 heavy (non-hydrogen) atoms. The summed E-state index contributed by atoms with van der Waals surface area (Å²) in [6, 6.07) is 3.69. The van der Waals surface area contributed by atoms with E-state index in [-0.39, 0.29) is 0 Å². The van der Waals surface area contributed by atoms with Crippen molar-refractivity contribution in [3.8, 4) is 17.2 Å². The van der Waals surface area contributed by atoms with Crippen LogP contribution in [0.5, 0.6) is 17.2 Å². The van der Waals surface area contributed by atoms with E-state index in [9.17, 15) is 0 Å². The highest BCUT2D eigenvalue weighted by atomic mass is 16.5. The average molecular weight is 238 g/mol. The Balaban J connectivity index is 3.23. The van der Waals surface area contributed by atoms with Gasteiger partial charge in [0.05, 0.1) is 27.5 Å². The smallest absolute Gasteiger partial charge is 0.203 e. The summed E-state index contributed by atoms with van der Waals surface area (Å²) < 4.78 is 15.8.